The molecule has 0 bridgehead atoms. The fraction of sp³-hybridized carbons (Fsp3) is 0.318. The maximum absolute atomic E-state index is 12.4. The third-order valence-electron chi connectivity index (χ3n) is 4.72. The van der Waals surface area contributed by atoms with E-state index in [-0.39, 0.29) is 16.8 Å². The summed E-state index contributed by atoms with van der Waals surface area (Å²) in [7, 11) is -2.52. The number of hydrogen-bond acceptors (Lipinski definition) is 7. The fourth-order valence-corrected chi connectivity index (χ4v) is 3.99. The summed E-state index contributed by atoms with van der Waals surface area (Å²) in [6.07, 6.45) is 1.92. The molecule has 1 aliphatic carbocycles. The first-order valence-corrected chi connectivity index (χ1v) is 11.7. The van der Waals surface area contributed by atoms with Crippen molar-refractivity contribution in [2.24, 2.45) is 0 Å². The minimum absolute atomic E-state index is 0.0497. The van der Waals surface area contributed by atoms with Crippen LogP contribution in [-0.4, -0.2) is 52.0 Å². The van der Waals surface area contributed by atoms with Gasteiger partial charge in [-0.1, -0.05) is 6.07 Å². The molecule has 0 spiro atoms. The Labute approximate surface area is 191 Å². The van der Waals surface area contributed by atoms with Crippen molar-refractivity contribution in [3.05, 3.63) is 54.1 Å². The van der Waals surface area contributed by atoms with E-state index in [4.69, 9.17) is 9.47 Å². The zero-order valence-corrected chi connectivity index (χ0v) is 19.0. The lowest BCUT2D eigenvalue weighted by molar-refractivity contribution is -0.148. The summed E-state index contributed by atoms with van der Waals surface area (Å²) >= 11 is 0. The van der Waals surface area contributed by atoms with Crippen LogP contribution in [0.3, 0.4) is 0 Å². The van der Waals surface area contributed by atoms with Crippen molar-refractivity contribution in [2.45, 2.75) is 36.7 Å². The number of amides is 2. The number of rotatable bonds is 10. The van der Waals surface area contributed by atoms with Crippen molar-refractivity contribution >= 4 is 33.5 Å². The largest absolute Gasteiger partial charge is 0.497 e. The van der Waals surface area contributed by atoms with E-state index in [0.717, 1.165) is 12.8 Å². The number of esters is 1. The minimum Gasteiger partial charge on any atom is -0.497 e. The first kappa shape index (κ1) is 24.2. The second-order valence-electron chi connectivity index (χ2n) is 7.50. The van der Waals surface area contributed by atoms with Crippen molar-refractivity contribution in [3.63, 3.8) is 0 Å². The molecule has 33 heavy (non-hydrogen) atoms. The number of sulfonamides is 1. The number of ether oxygens (including phenoxy) is 2. The van der Waals surface area contributed by atoms with Gasteiger partial charge in [-0.15, -0.1) is 0 Å². The average Bonchev–Trinajstić information content (AvgIpc) is 3.61. The van der Waals surface area contributed by atoms with Crippen LogP contribution in [0.2, 0.25) is 0 Å². The molecule has 2 amide bonds. The lowest BCUT2D eigenvalue weighted by Gasteiger charge is -2.14. The first-order chi connectivity index (χ1) is 15.7. The van der Waals surface area contributed by atoms with E-state index >= 15 is 0 Å². The monoisotopic (exact) mass is 475 g/mol. The van der Waals surface area contributed by atoms with Crippen LogP contribution in [0, 0.1) is 0 Å². The SMILES string of the molecule is COc1ccc(S(=O)(=O)N[C@@H](C)C(=O)OCC(=O)Nc2cccc(C(=O)NC3CC3)c2)cc1. The maximum Gasteiger partial charge on any atom is 0.324 e. The highest BCUT2D eigenvalue weighted by atomic mass is 32.2. The van der Waals surface area contributed by atoms with Crippen LogP contribution in [0.15, 0.2) is 53.4 Å². The summed E-state index contributed by atoms with van der Waals surface area (Å²) in [6.45, 7) is 0.690. The Kier molecular flexibility index (Phi) is 7.67. The topological polar surface area (TPSA) is 140 Å². The highest BCUT2D eigenvalue weighted by molar-refractivity contribution is 7.89. The molecule has 1 atom stereocenters. The van der Waals surface area contributed by atoms with Crippen molar-refractivity contribution in [2.75, 3.05) is 19.0 Å². The van der Waals surface area contributed by atoms with E-state index in [1.54, 1.807) is 18.2 Å². The molecule has 1 saturated carbocycles. The fourth-order valence-electron chi connectivity index (χ4n) is 2.80. The molecule has 3 rings (SSSR count). The summed E-state index contributed by atoms with van der Waals surface area (Å²) < 4.78 is 36.9. The molecule has 0 heterocycles. The van der Waals surface area contributed by atoms with Crippen LogP contribution >= 0.6 is 0 Å². The normalized spacial score (nSPS) is 14.1. The molecule has 176 valence electrons. The van der Waals surface area contributed by atoms with Gasteiger partial charge in [-0.05, 0) is 62.2 Å². The Morgan fingerprint density at radius 2 is 1.79 bits per heavy atom. The summed E-state index contributed by atoms with van der Waals surface area (Å²) in [6, 6.07) is 11.0. The molecule has 0 unspecified atom stereocenters. The van der Waals surface area contributed by atoms with E-state index in [0.29, 0.717) is 17.0 Å². The lowest BCUT2D eigenvalue weighted by atomic mass is 10.2. The average molecular weight is 476 g/mol. The second kappa shape index (κ2) is 10.5. The van der Waals surface area contributed by atoms with Crippen LogP contribution in [0.1, 0.15) is 30.1 Å². The van der Waals surface area contributed by atoms with Crippen LogP contribution < -0.4 is 20.1 Å². The molecule has 0 radical (unpaired) electrons. The zero-order chi connectivity index (χ0) is 24.0. The van der Waals surface area contributed by atoms with Crippen LogP contribution in [0.25, 0.3) is 0 Å². The maximum atomic E-state index is 12.4. The number of benzene rings is 2. The van der Waals surface area contributed by atoms with Gasteiger partial charge in [0.2, 0.25) is 10.0 Å². The van der Waals surface area contributed by atoms with Crippen molar-refractivity contribution in [1.29, 1.82) is 0 Å². The molecule has 1 fully saturated rings. The molecule has 11 heteroatoms. The summed E-state index contributed by atoms with van der Waals surface area (Å²) in [4.78, 5) is 36.4. The Bertz CT molecular complexity index is 1130. The molecule has 0 aliphatic heterocycles. The van der Waals surface area contributed by atoms with Crippen molar-refractivity contribution in [3.8, 4) is 5.75 Å². The quantitative estimate of drug-likeness (QED) is 0.442. The Morgan fingerprint density at radius 1 is 1.09 bits per heavy atom. The summed E-state index contributed by atoms with van der Waals surface area (Å²) in [5.74, 6) is -1.28. The molecule has 3 N–H and O–H groups in total. The van der Waals surface area contributed by atoms with E-state index in [1.165, 1.54) is 44.4 Å². The molecule has 1 aliphatic rings. The zero-order valence-electron chi connectivity index (χ0n) is 18.2. The van der Waals surface area contributed by atoms with Gasteiger partial charge in [-0.25, -0.2) is 8.42 Å². The number of carbonyl (C=O) groups excluding carboxylic acids is 3. The predicted octanol–water partition coefficient (Wildman–Crippen LogP) is 1.44. The van der Waals surface area contributed by atoms with E-state index in [2.05, 4.69) is 15.4 Å². The number of methoxy groups -OCH3 is 1. The van der Waals surface area contributed by atoms with Crippen LogP contribution in [-0.2, 0) is 24.3 Å². The van der Waals surface area contributed by atoms with Gasteiger partial charge in [0, 0.05) is 17.3 Å². The highest BCUT2D eigenvalue weighted by Crippen LogP contribution is 2.20. The summed E-state index contributed by atoms with van der Waals surface area (Å²) in [5.41, 5.74) is 0.769. The second-order valence-corrected chi connectivity index (χ2v) is 9.22. The van der Waals surface area contributed by atoms with E-state index < -0.39 is 34.5 Å². The highest BCUT2D eigenvalue weighted by Gasteiger charge is 2.25. The number of anilines is 1. The van der Waals surface area contributed by atoms with Crippen LogP contribution in [0.4, 0.5) is 5.69 Å². The van der Waals surface area contributed by atoms with E-state index in [1.807, 2.05) is 0 Å². The van der Waals surface area contributed by atoms with Crippen molar-refractivity contribution in [1.82, 2.24) is 10.0 Å². The predicted molar refractivity (Wildman–Crippen MR) is 119 cm³/mol. The molecule has 0 aromatic heterocycles. The standard InChI is InChI=1S/C22H25N3O7S/c1-14(25-33(29,30)19-10-8-18(31-2)9-11-19)22(28)32-13-20(26)23-17-5-3-4-15(12-17)21(27)24-16-6-7-16/h3-5,8-12,14,16,25H,6-7,13H2,1-2H3,(H,23,26)(H,24,27)/t14-/m0/s1. The molecule has 2 aromatic carbocycles. The smallest absolute Gasteiger partial charge is 0.324 e. The van der Waals surface area contributed by atoms with Gasteiger partial charge < -0.3 is 20.1 Å². The third kappa shape index (κ3) is 7.02. The Balaban J connectivity index is 1.49. The van der Waals surface area contributed by atoms with Gasteiger partial charge in [-0.2, -0.15) is 4.72 Å². The van der Waals surface area contributed by atoms with E-state index in [9.17, 15) is 22.8 Å². The number of hydrogen-bond donors (Lipinski definition) is 3. The molecule has 10 nitrogen and oxygen atoms in total. The lowest BCUT2D eigenvalue weighted by Crippen LogP contribution is -2.40. The summed E-state index contributed by atoms with van der Waals surface area (Å²) in [5, 5.41) is 5.39. The first-order valence-electron chi connectivity index (χ1n) is 10.2. The third-order valence-corrected chi connectivity index (χ3v) is 6.28. The molecular weight excluding hydrogens is 450 g/mol. The number of nitrogens with one attached hydrogen (secondary N) is 3. The van der Waals surface area contributed by atoms with Gasteiger partial charge in [-0.3, -0.25) is 14.4 Å². The van der Waals surface area contributed by atoms with Gasteiger partial charge in [0.25, 0.3) is 11.8 Å². The van der Waals surface area contributed by atoms with Gasteiger partial charge in [0.05, 0.1) is 12.0 Å². The number of carbonyl (C=O) groups is 3. The van der Waals surface area contributed by atoms with Crippen LogP contribution in [0.5, 0.6) is 5.75 Å². The molecular formula is C22H25N3O7S. The van der Waals surface area contributed by atoms with Gasteiger partial charge >= 0.3 is 5.97 Å². The Hall–Kier alpha value is -3.44. The Morgan fingerprint density at radius 3 is 2.42 bits per heavy atom. The minimum atomic E-state index is -3.98. The van der Waals surface area contributed by atoms with Crippen molar-refractivity contribution < 1.29 is 32.3 Å². The van der Waals surface area contributed by atoms with Gasteiger partial charge in [0.1, 0.15) is 11.8 Å². The molecule has 0 saturated heterocycles. The van der Waals surface area contributed by atoms with Gasteiger partial charge in [0.15, 0.2) is 6.61 Å². The molecule has 2 aromatic rings.